The van der Waals surface area contributed by atoms with E-state index in [4.69, 9.17) is 0 Å². The lowest BCUT2D eigenvalue weighted by molar-refractivity contribution is -0.125. The first-order chi connectivity index (χ1) is 8.77. The van der Waals surface area contributed by atoms with Crippen LogP contribution in [-0.4, -0.2) is 52.0 Å². The third kappa shape index (κ3) is 3.78. The Labute approximate surface area is 112 Å². The number of sulfone groups is 1. The van der Waals surface area contributed by atoms with Crippen LogP contribution in [-0.2, 0) is 14.6 Å². The van der Waals surface area contributed by atoms with Gasteiger partial charge in [-0.05, 0) is 24.3 Å². The summed E-state index contributed by atoms with van der Waals surface area (Å²) in [6.45, 7) is 0. The van der Waals surface area contributed by atoms with Crippen molar-refractivity contribution in [2.24, 2.45) is 0 Å². The van der Waals surface area contributed by atoms with Crippen LogP contribution in [0.15, 0.2) is 29.2 Å². The second-order valence-electron chi connectivity index (χ2n) is 4.15. The molecule has 0 aliphatic heterocycles. The zero-order valence-corrected chi connectivity index (χ0v) is 11.8. The maximum Gasteiger partial charge on any atom is 0.251 e. The molecule has 19 heavy (non-hydrogen) atoms. The lowest BCUT2D eigenvalue weighted by Gasteiger charge is -2.10. The molecule has 0 radical (unpaired) electrons. The third-order valence-electron chi connectivity index (χ3n) is 2.51. The lowest BCUT2D eigenvalue weighted by Crippen LogP contribution is -2.29. The van der Waals surface area contributed by atoms with Crippen LogP contribution in [0.5, 0.6) is 0 Å². The number of hydrogen-bond acceptors (Lipinski definition) is 4. The Morgan fingerprint density at radius 1 is 1.16 bits per heavy atom. The fourth-order valence-corrected chi connectivity index (χ4v) is 2.63. The van der Waals surface area contributed by atoms with Crippen LogP contribution >= 0.6 is 0 Å². The molecule has 104 valence electrons. The van der Waals surface area contributed by atoms with Crippen molar-refractivity contribution in [3.63, 3.8) is 0 Å². The topological polar surface area (TPSA) is 83.5 Å². The second-order valence-corrected chi connectivity index (χ2v) is 6.14. The summed E-state index contributed by atoms with van der Waals surface area (Å²) in [7, 11) is 0.797. The van der Waals surface area contributed by atoms with Crippen molar-refractivity contribution in [3.8, 4) is 0 Å². The largest absolute Gasteiger partial charge is 0.355 e. The van der Waals surface area contributed by atoms with E-state index in [-0.39, 0.29) is 10.8 Å². The monoisotopic (exact) mass is 284 g/mol. The zero-order valence-electron chi connectivity index (χ0n) is 11.0. The fraction of sp³-hybridized carbons (Fsp3) is 0.333. The summed E-state index contributed by atoms with van der Waals surface area (Å²) in [5.41, 5.74) is 0.361. The Morgan fingerprint density at radius 3 is 2.11 bits per heavy atom. The molecule has 0 aliphatic carbocycles. The van der Waals surface area contributed by atoms with Gasteiger partial charge in [-0.2, -0.15) is 0 Å². The molecule has 2 amide bonds. The Balaban J connectivity index is 2.97. The highest BCUT2D eigenvalue weighted by Gasteiger charge is 2.20. The van der Waals surface area contributed by atoms with E-state index < -0.39 is 21.5 Å². The van der Waals surface area contributed by atoms with Crippen LogP contribution in [0.3, 0.4) is 0 Å². The molecular formula is C12H16N2O4S. The van der Waals surface area contributed by atoms with Crippen molar-refractivity contribution in [3.05, 3.63) is 29.8 Å². The molecule has 0 fully saturated rings. The van der Waals surface area contributed by atoms with Crippen molar-refractivity contribution >= 4 is 21.7 Å². The van der Waals surface area contributed by atoms with Crippen molar-refractivity contribution in [1.29, 1.82) is 0 Å². The van der Waals surface area contributed by atoms with E-state index in [9.17, 15) is 18.0 Å². The number of nitrogens with one attached hydrogen (secondary N) is 1. The molecule has 0 saturated heterocycles. The quantitative estimate of drug-likeness (QED) is 0.837. The van der Waals surface area contributed by atoms with E-state index in [0.717, 1.165) is 0 Å². The standard InChI is InChI=1S/C12H16N2O4S/c1-13-12(16)9-4-6-10(7-5-9)19(17,18)8-11(15)14(2)3/h4-7H,8H2,1-3H3,(H,13,16). The fourth-order valence-electron chi connectivity index (χ4n) is 1.33. The van der Waals surface area contributed by atoms with E-state index >= 15 is 0 Å². The molecule has 1 aromatic carbocycles. The predicted molar refractivity (Wildman–Crippen MR) is 70.6 cm³/mol. The first kappa shape index (κ1) is 15.2. The molecule has 0 unspecified atom stereocenters. The van der Waals surface area contributed by atoms with Gasteiger partial charge >= 0.3 is 0 Å². The van der Waals surface area contributed by atoms with Gasteiger partial charge in [-0.25, -0.2) is 8.42 Å². The molecular weight excluding hydrogens is 268 g/mol. The van der Waals surface area contributed by atoms with Gasteiger partial charge in [0.2, 0.25) is 5.91 Å². The number of carbonyl (C=O) groups excluding carboxylic acids is 2. The minimum absolute atomic E-state index is 0.0235. The average Bonchev–Trinajstić information content (AvgIpc) is 2.37. The molecule has 1 N–H and O–H groups in total. The molecule has 1 rings (SSSR count). The summed E-state index contributed by atoms with van der Waals surface area (Å²) in [5.74, 6) is -1.37. The molecule has 6 nitrogen and oxygen atoms in total. The number of nitrogens with zero attached hydrogens (tertiary/aromatic N) is 1. The molecule has 7 heteroatoms. The highest BCUT2D eigenvalue weighted by atomic mass is 32.2. The number of hydrogen-bond donors (Lipinski definition) is 1. The van der Waals surface area contributed by atoms with Crippen molar-refractivity contribution in [2.45, 2.75) is 4.90 Å². The van der Waals surface area contributed by atoms with E-state index in [1.165, 1.54) is 50.3 Å². The van der Waals surface area contributed by atoms with Crippen LogP contribution in [0.4, 0.5) is 0 Å². The maximum absolute atomic E-state index is 11.9. The summed E-state index contributed by atoms with van der Waals surface area (Å²) in [6, 6.07) is 5.46. The van der Waals surface area contributed by atoms with E-state index in [2.05, 4.69) is 5.32 Å². The summed E-state index contributed by atoms with van der Waals surface area (Å²) in [5, 5.41) is 2.44. The van der Waals surface area contributed by atoms with Crippen LogP contribution in [0, 0.1) is 0 Å². The zero-order chi connectivity index (χ0) is 14.6. The van der Waals surface area contributed by atoms with Gasteiger partial charge in [0.1, 0.15) is 5.75 Å². The predicted octanol–water partition coefficient (Wildman–Crippen LogP) is -0.0919. The highest BCUT2D eigenvalue weighted by molar-refractivity contribution is 7.92. The first-order valence-electron chi connectivity index (χ1n) is 5.53. The SMILES string of the molecule is CNC(=O)c1ccc(S(=O)(=O)CC(=O)N(C)C)cc1. The number of amides is 2. The highest BCUT2D eigenvalue weighted by Crippen LogP contribution is 2.13. The molecule has 0 spiro atoms. The molecule has 0 atom stereocenters. The van der Waals surface area contributed by atoms with Gasteiger partial charge in [0.05, 0.1) is 4.90 Å². The van der Waals surface area contributed by atoms with Gasteiger partial charge in [-0.3, -0.25) is 9.59 Å². The summed E-state index contributed by atoms with van der Waals surface area (Å²) in [6.07, 6.45) is 0. The van der Waals surface area contributed by atoms with E-state index in [1.54, 1.807) is 0 Å². The summed E-state index contributed by atoms with van der Waals surface area (Å²) in [4.78, 5) is 24.0. The van der Waals surface area contributed by atoms with Gasteiger partial charge in [0.15, 0.2) is 9.84 Å². The Hall–Kier alpha value is -1.89. The van der Waals surface area contributed by atoms with Crippen molar-refractivity contribution in [2.75, 3.05) is 26.9 Å². The van der Waals surface area contributed by atoms with E-state index in [1.807, 2.05) is 0 Å². The van der Waals surface area contributed by atoms with Gasteiger partial charge in [-0.1, -0.05) is 0 Å². The van der Waals surface area contributed by atoms with Crippen LogP contribution < -0.4 is 5.32 Å². The normalized spacial score (nSPS) is 10.9. The van der Waals surface area contributed by atoms with Gasteiger partial charge in [-0.15, -0.1) is 0 Å². The molecule has 0 saturated carbocycles. The molecule has 0 aliphatic rings. The molecule has 0 heterocycles. The summed E-state index contributed by atoms with van der Waals surface area (Å²) >= 11 is 0. The summed E-state index contributed by atoms with van der Waals surface area (Å²) < 4.78 is 23.9. The first-order valence-corrected chi connectivity index (χ1v) is 7.18. The number of rotatable bonds is 4. The van der Waals surface area contributed by atoms with Crippen molar-refractivity contribution < 1.29 is 18.0 Å². The van der Waals surface area contributed by atoms with Crippen LogP contribution in [0.1, 0.15) is 10.4 Å². The molecule has 1 aromatic rings. The maximum atomic E-state index is 11.9. The Bertz CT molecular complexity index is 576. The Kier molecular flexibility index (Phi) is 4.66. The second kappa shape index (κ2) is 5.83. The number of benzene rings is 1. The number of carbonyl (C=O) groups is 2. The third-order valence-corrected chi connectivity index (χ3v) is 4.13. The van der Waals surface area contributed by atoms with Crippen LogP contribution in [0.25, 0.3) is 0 Å². The van der Waals surface area contributed by atoms with Gasteiger partial charge in [0, 0.05) is 26.7 Å². The van der Waals surface area contributed by atoms with Crippen molar-refractivity contribution in [1.82, 2.24) is 10.2 Å². The average molecular weight is 284 g/mol. The van der Waals surface area contributed by atoms with Crippen LogP contribution in [0.2, 0.25) is 0 Å². The minimum atomic E-state index is -3.68. The molecule has 0 aromatic heterocycles. The molecule has 0 bridgehead atoms. The van der Waals surface area contributed by atoms with Gasteiger partial charge in [0.25, 0.3) is 5.91 Å². The Morgan fingerprint density at radius 2 is 1.68 bits per heavy atom. The van der Waals surface area contributed by atoms with Gasteiger partial charge < -0.3 is 10.2 Å². The van der Waals surface area contributed by atoms with E-state index in [0.29, 0.717) is 5.56 Å². The lowest BCUT2D eigenvalue weighted by atomic mass is 10.2. The minimum Gasteiger partial charge on any atom is -0.355 e. The smallest absolute Gasteiger partial charge is 0.251 e.